The highest BCUT2D eigenvalue weighted by Gasteiger charge is 2.53. The Hall–Kier alpha value is -0.620. The highest BCUT2D eigenvalue weighted by Crippen LogP contribution is 2.47. The molecule has 0 spiro atoms. The predicted octanol–water partition coefficient (Wildman–Crippen LogP) is -0.0176. The minimum Gasteiger partial charge on any atom is -0.374 e. The lowest BCUT2D eigenvalue weighted by Crippen LogP contribution is -2.43. The summed E-state index contributed by atoms with van der Waals surface area (Å²) in [5.41, 5.74) is 0. The van der Waals surface area contributed by atoms with E-state index in [-0.39, 0.29) is 47.4 Å². The molecule has 0 radical (unpaired) electrons. The first-order chi connectivity index (χ1) is 12.4. The summed E-state index contributed by atoms with van der Waals surface area (Å²) in [5.74, 6) is 2.19. The summed E-state index contributed by atoms with van der Waals surface area (Å²) in [6.07, 6.45) is 4.03. The largest absolute Gasteiger partial charge is 0.374 e. The summed E-state index contributed by atoms with van der Waals surface area (Å²) in [7, 11) is -1.20. The van der Waals surface area contributed by atoms with Crippen LogP contribution in [0.2, 0.25) is 0 Å². The second-order valence-corrected chi connectivity index (χ2v) is 10.1. The third-order valence-corrected chi connectivity index (χ3v) is 7.96. The van der Waals surface area contributed by atoms with Gasteiger partial charge in [-0.3, -0.25) is 9.79 Å². The quantitative estimate of drug-likeness (QED) is 0.312. The van der Waals surface area contributed by atoms with Gasteiger partial charge in [0, 0.05) is 51.0 Å². The van der Waals surface area contributed by atoms with Crippen LogP contribution in [0.5, 0.6) is 0 Å². The van der Waals surface area contributed by atoms with E-state index in [1.807, 2.05) is 0 Å². The van der Waals surface area contributed by atoms with E-state index in [1.54, 1.807) is 7.05 Å². The number of sulfone groups is 1. The Balaban J connectivity index is 0.00000210. The van der Waals surface area contributed by atoms with Gasteiger partial charge in [0.25, 0.3) is 0 Å². The van der Waals surface area contributed by atoms with Crippen LogP contribution in [-0.4, -0.2) is 81.6 Å². The fourth-order valence-corrected chi connectivity index (χ4v) is 6.64. The lowest BCUT2D eigenvalue weighted by atomic mass is 9.82. The number of amides is 1. The summed E-state index contributed by atoms with van der Waals surface area (Å²) in [5, 5.41) is 6.10. The molecule has 0 aliphatic carbocycles. The lowest BCUT2D eigenvalue weighted by molar-refractivity contribution is -0.121. The zero-order chi connectivity index (χ0) is 18.3. The molecule has 4 aliphatic rings. The Kier molecular flexibility index (Phi) is 6.56. The van der Waals surface area contributed by atoms with Crippen molar-refractivity contribution >= 4 is 45.7 Å². The smallest absolute Gasteiger partial charge is 0.222 e. The molecule has 2 N–H and O–H groups in total. The van der Waals surface area contributed by atoms with Crippen LogP contribution in [0, 0.1) is 11.8 Å². The number of hydrogen-bond acceptors (Lipinski definition) is 5. The second-order valence-electron chi connectivity index (χ2n) is 7.91. The van der Waals surface area contributed by atoms with E-state index in [1.165, 1.54) is 12.8 Å². The SMILES string of the molecule is CN=C(NCCC(=O)NC1CCS(=O)(=O)C1)N1CC2C3CCC(O3)C2C1.I. The number of nitrogens with zero attached hydrogens (tertiary/aromatic N) is 2. The Labute approximate surface area is 177 Å². The summed E-state index contributed by atoms with van der Waals surface area (Å²) in [6.45, 7) is 2.43. The average molecular weight is 512 g/mol. The van der Waals surface area contributed by atoms with E-state index in [0.717, 1.165) is 19.0 Å². The maximum atomic E-state index is 12.0. The summed E-state index contributed by atoms with van der Waals surface area (Å²) >= 11 is 0. The monoisotopic (exact) mass is 512 g/mol. The van der Waals surface area contributed by atoms with Gasteiger partial charge in [0.15, 0.2) is 15.8 Å². The van der Waals surface area contributed by atoms with E-state index in [0.29, 0.717) is 43.4 Å². The number of aliphatic imine (C=N–C) groups is 1. The lowest BCUT2D eigenvalue weighted by Gasteiger charge is -2.23. The number of carbonyl (C=O) groups excluding carboxylic acids is 1. The molecule has 0 aromatic heterocycles. The van der Waals surface area contributed by atoms with Crippen LogP contribution in [0.25, 0.3) is 0 Å². The van der Waals surface area contributed by atoms with E-state index in [4.69, 9.17) is 4.74 Å². The molecule has 0 saturated carbocycles. The fourth-order valence-electron chi connectivity index (χ4n) is 4.96. The van der Waals surface area contributed by atoms with Gasteiger partial charge in [-0.05, 0) is 19.3 Å². The highest BCUT2D eigenvalue weighted by molar-refractivity contribution is 14.0. The average Bonchev–Trinajstić information content (AvgIpc) is 3.32. The topological polar surface area (TPSA) is 100 Å². The minimum absolute atomic E-state index is 0. The minimum atomic E-state index is -2.97. The number of carbonyl (C=O) groups is 1. The molecule has 5 atom stereocenters. The van der Waals surface area contributed by atoms with Crippen LogP contribution in [0.15, 0.2) is 4.99 Å². The van der Waals surface area contributed by atoms with E-state index >= 15 is 0 Å². The van der Waals surface area contributed by atoms with Crippen molar-refractivity contribution in [2.24, 2.45) is 16.8 Å². The van der Waals surface area contributed by atoms with Crippen molar-refractivity contribution in [2.45, 2.75) is 43.9 Å². The van der Waals surface area contributed by atoms with Gasteiger partial charge in [-0.15, -0.1) is 24.0 Å². The van der Waals surface area contributed by atoms with Crippen molar-refractivity contribution in [3.05, 3.63) is 0 Å². The van der Waals surface area contributed by atoms with Gasteiger partial charge in [-0.1, -0.05) is 0 Å². The van der Waals surface area contributed by atoms with Gasteiger partial charge in [0.05, 0.1) is 23.7 Å². The summed E-state index contributed by atoms with van der Waals surface area (Å²) in [6, 6.07) is -0.236. The van der Waals surface area contributed by atoms with Crippen molar-refractivity contribution in [1.29, 1.82) is 0 Å². The molecule has 4 aliphatic heterocycles. The Morgan fingerprint density at radius 2 is 1.85 bits per heavy atom. The van der Waals surface area contributed by atoms with E-state index in [2.05, 4.69) is 20.5 Å². The van der Waals surface area contributed by atoms with Gasteiger partial charge < -0.3 is 20.3 Å². The first kappa shape index (κ1) is 21.1. The number of rotatable bonds is 4. The van der Waals surface area contributed by atoms with Gasteiger partial charge in [-0.25, -0.2) is 8.42 Å². The van der Waals surface area contributed by atoms with Crippen LogP contribution in [0.1, 0.15) is 25.7 Å². The molecule has 8 nitrogen and oxygen atoms in total. The van der Waals surface area contributed by atoms with Crippen molar-refractivity contribution in [3.8, 4) is 0 Å². The normalized spacial score (nSPS) is 36.4. The second kappa shape index (κ2) is 8.40. The molecule has 0 aromatic rings. The highest BCUT2D eigenvalue weighted by atomic mass is 127. The molecule has 4 rings (SSSR count). The third-order valence-electron chi connectivity index (χ3n) is 6.20. The number of nitrogens with one attached hydrogen (secondary N) is 2. The molecule has 1 amide bonds. The zero-order valence-electron chi connectivity index (χ0n) is 15.6. The standard InChI is InChI=1S/C17H28N4O4S.HI/c1-18-17(21-8-12-13(9-21)15-3-2-14(12)25-15)19-6-4-16(22)20-11-5-7-26(23,24)10-11;/h11-15H,2-10H2,1H3,(H,18,19)(H,20,22);1H. The number of halogens is 1. The number of ether oxygens (including phenoxy) is 1. The van der Waals surface area contributed by atoms with Crippen molar-refractivity contribution < 1.29 is 17.9 Å². The third kappa shape index (κ3) is 4.52. The summed E-state index contributed by atoms with van der Waals surface area (Å²) < 4.78 is 28.9. The fraction of sp³-hybridized carbons (Fsp3) is 0.882. The number of hydrogen-bond donors (Lipinski definition) is 2. The van der Waals surface area contributed by atoms with Crippen LogP contribution in [-0.2, 0) is 19.4 Å². The zero-order valence-corrected chi connectivity index (χ0v) is 18.7. The Morgan fingerprint density at radius 1 is 1.19 bits per heavy atom. The maximum Gasteiger partial charge on any atom is 0.222 e. The van der Waals surface area contributed by atoms with Crippen LogP contribution < -0.4 is 10.6 Å². The predicted molar refractivity (Wildman–Crippen MR) is 113 cm³/mol. The van der Waals surface area contributed by atoms with Crippen molar-refractivity contribution in [2.75, 3.05) is 38.2 Å². The molecule has 154 valence electrons. The molecule has 10 heteroatoms. The first-order valence-electron chi connectivity index (χ1n) is 9.56. The molecule has 4 heterocycles. The van der Waals surface area contributed by atoms with Crippen LogP contribution in [0.3, 0.4) is 0 Å². The number of guanidine groups is 1. The summed E-state index contributed by atoms with van der Waals surface area (Å²) in [4.78, 5) is 18.7. The molecule has 5 unspecified atom stereocenters. The molecule has 0 aromatic carbocycles. The van der Waals surface area contributed by atoms with Crippen molar-refractivity contribution in [3.63, 3.8) is 0 Å². The number of likely N-dealkylation sites (tertiary alicyclic amines) is 1. The van der Waals surface area contributed by atoms with Gasteiger partial charge in [0.2, 0.25) is 5.91 Å². The molecular weight excluding hydrogens is 483 g/mol. The van der Waals surface area contributed by atoms with E-state index in [9.17, 15) is 13.2 Å². The van der Waals surface area contributed by atoms with Gasteiger partial charge in [0.1, 0.15) is 0 Å². The van der Waals surface area contributed by atoms with Crippen LogP contribution >= 0.6 is 24.0 Å². The number of fused-ring (bicyclic) bond motifs is 5. The molecular formula is C17H29IN4O4S. The molecule has 27 heavy (non-hydrogen) atoms. The molecule has 2 bridgehead atoms. The Bertz CT molecular complexity index is 683. The first-order valence-corrected chi connectivity index (χ1v) is 11.4. The Morgan fingerprint density at radius 3 is 2.41 bits per heavy atom. The van der Waals surface area contributed by atoms with Crippen molar-refractivity contribution in [1.82, 2.24) is 15.5 Å². The van der Waals surface area contributed by atoms with Crippen LogP contribution in [0.4, 0.5) is 0 Å². The molecule has 4 saturated heterocycles. The maximum absolute atomic E-state index is 12.0. The van der Waals surface area contributed by atoms with Gasteiger partial charge in [-0.2, -0.15) is 0 Å². The van der Waals surface area contributed by atoms with E-state index < -0.39 is 9.84 Å². The molecule has 4 fully saturated rings. The van der Waals surface area contributed by atoms with Gasteiger partial charge >= 0.3 is 0 Å².